The number of alkyl halides is 3. The number of nitrogens with zero attached hydrogens (tertiary/aromatic N) is 1. The van der Waals surface area contributed by atoms with E-state index in [0.29, 0.717) is 4.91 Å². The summed E-state index contributed by atoms with van der Waals surface area (Å²) in [4.78, 5) is 0.544. The Kier molecular flexibility index (Phi) is 7.35. The first-order chi connectivity index (χ1) is 10.7. The largest absolute Gasteiger partial charge is 0.408 e. The minimum atomic E-state index is -4.47. The van der Waals surface area contributed by atoms with Crippen LogP contribution in [0.5, 0.6) is 0 Å². The number of hydrogen-bond acceptors (Lipinski definition) is 2. The van der Waals surface area contributed by atoms with Crippen LogP contribution in [0, 0.1) is 5.82 Å². The van der Waals surface area contributed by atoms with Crippen molar-refractivity contribution in [2.75, 3.05) is 6.54 Å². The third-order valence-electron chi connectivity index (χ3n) is 3.30. The van der Waals surface area contributed by atoms with Gasteiger partial charge in [0.05, 0.1) is 0 Å². The van der Waals surface area contributed by atoms with Gasteiger partial charge in [-0.15, -0.1) is 0 Å². The maximum absolute atomic E-state index is 13.5. The van der Waals surface area contributed by atoms with Gasteiger partial charge in [0.25, 0.3) is 0 Å². The maximum atomic E-state index is 13.5. The van der Waals surface area contributed by atoms with Crippen molar-refractivity contribution in [3.63, 3.8) is 0 Å². The van der Waals surface area contributed by atoms with E-state index in [1.807, 2.05) is 13.8 Å². The SMILES string of the molecule is C=C(/C=C(\C)CC)SN(CC)C(c1ccc(F)cc1)C(F)(F)F. The van der Waals surface area contributed by atoms with Gasteiger partial charge in [0.2, 0.25) is 0 Å². The zero-order chi connectivity index (χ0) is 17.6. The molecule has 0 aliphatic heterocycles. The Hall–Kier alpha value is -1.27. The highest BCUT2D eigenvalue weighted by atomic mass is 32.2. The third-order valence-corrected chi connectivity index (χ3v) is 4.35. The molecule has 1 atom stereocenters. The molecule has 0 heterocycles. The minimum Gasteiger partial charge on any atom is -0.230 e. The van der Waals surface area contributed by atoms with Gasteiger partial charge in [-0.25, -0.2) is 8.70 Å². The van der Waals surface area contributed by atoms with E-state index in [-0.39, 0.29) is 12.1 Å². The Morgan fingerprint density at radius 3 is 2.26 bits per heavy atom. The highest BCUT2D eigenvalue weighted by molar-refractivity contribution is 8.01. The number of rotatable bonds is 7. The van der Waals surface area contributed by atoms with Crippen LogP contribution in [0.4, 0.5) is 17.6 Å². The molecule has 1 aromatic carbocycles. The zero-order valence-electron chi connectivity index (χ0n) is 13.5. The molecule has 0 amide bonds. The smallest absolute Gasteiger partial charge is 0.230 e. The van der Waals surface area contributed by atoms with Crippen LogP contribution in [0.25, 0.3) is 0 Å². The van der Waals surface area contributed by atoms with Gasteiger partial charge in [0, 0.05) is 11.4 Å². The molecule has 0 saturated heterocycles. The van der Waals surface area contributed by atoms with Crippen molar-refractivity contribution < 1.29 is 17.6 Å². The molecular formula is C17H21F4NS. The lowest BCUT2D eigenvalue weighted by Crippen LogP contribution is -2.34. The molecule has 6 heteroatoms. The van der Waals surface area contributed by atoms with Crippen LogP contribution in [0.3, 0.4) is 0 Å². The first-order valence-corrected chi connectivity index (χ1v) is 8.09. The summed E-state index contributed by atoms with van der Waals surface area (Å²) in [6.45, 7) is 9.52. The number of halogens is 4. The molecule has 23 heavy (non-hydrogen) atoms. The summed E-state index contributed by atoms with van der Waals surface area (Å²) in [6.07, 6.45) is -1.87. The third kappa shape index (κ3) is 6.03. The van der Waals surface area contributed by atoms with Gasteiger partial charge in [-0.1, -0.05) is 38.1 Å². The Morgan fingerprint density at radius 1 is 1.26 bits per heavy atom. The van der Waals surface area contributed by atoms with Crippen LogP contribution < -0.4 is 0 Å². The minimum absolute atomic E-state index is 0.0113. The highest BCUT2D eigenvalue weighted by Gasteiger charge is 2.44. The standard InChI is InChI=1S/C17H21F4NS/c1-5-12(3)11-13(4)23-22(6-2)16(17(19,20)21)14-7-9-15(18)10-8-14/h7-11,16H,4-6H2,1-3H3/b12-11+. The van der Waals surface area contributed by atoms with Crippen LogP contribution in [0.2, 0.25) is 0 Å². The van der Waals surface area contributed by atoms with Gasteiger partial charge in [0.1, 0.15) is 11.9 Å². The Bertz CT molecular complexity index is 549. The molecule has 0 radical (unpaired) electrons. The fourth-order valence-corrected chi connectivity index (χ4v) is 3.05. The highest BCUT2D eigenvalue weighted by Crippen LogP contribution is 2.42. The number of benzene rings is 1. The fraction of sp³-hybridized carbons (Fsp3) is 0.412. The Balaban J connectivity index is 3.08. The molecule has 0 N–H and O–H groups in total. The lowest BCUT2D eigenvalue weighted by Gasteiger charge is -2.31. The van der Waals surface area contributed by atoms with Crippen molar-refractivity contribution in [2.45, 2.75) is 39.4 Å². The van der Waals surface area contributed by atoms with E-state index in [2.05, 4.69) is 6.58 Å². The molecular weight excluding hydrogens is 326 g/mol. The van der Waals surface area contributed by atoms with E-state index in [9.17, 15) is 17.6 Å². The van der Waals surface area contributed by atoms with Gasteiger partial charge in [0.15, 0.2) is 0 Å². The lowest BCUT2D eigenvalue weighted by atomic mass is 10.1. The zero-order valence-corrected chi connectivity index (χ0v) is 14.3. The molecule has 0 aliphatic rings. The topological polar surface area (TPSA) is 3.24 Å². The van der Waals surface area contributed by atoms with Gasteiger partial charge in [-0.05, 0) is 49.1 Å². The van der Waals surface area contributed by atoms with Crippen LogP contribution in [0.1, 0.15) is 38.8 Å². The van der Waals surface area contributed by atoms with E-state index < -0.39 is 18.0 Å². The van der Waals surface area contributed by atoms with E-state index in [4.69, 9.17) is 0 Å². The van der Waals surface area contributed by atoms with E-state index in [1.165, 1.54) is 16.4 Å². The summed E-state index contributed by atoms with van der Waals surface area (Å²) in [7, 11) is 0. The van der Waals surface area contributed by atoms with Crippen molar-refractivity contribution in [1.29, 1.82) is 0 Å². The molecule has 0 fully saturated rings. The Labute approximate surface area is 139 Å². The summed E-state index contributed by atoms with van der Waals surface area (Å²) in [5, 5.41) is 0. The van der Waals surface area contributed by atoms with Gasteiger partial charge in [-0.2, -0.15) is 13.2 Å². The summed E-state index contributed by atoms with van der Waals surface area (Å²) in [5.41, 5.74) is 1.06. The van der Waals surface area contributed by atoms with Gasteiger partial charge in [-0.3, -0.25) is 0 Å². The summed E-state index contributed by atoms with van der Waals surface area (Å²) in [6, 6.07) is 2.62. The van der Waals surface area contributed by atoms with Crippen LogP contribution in [-0.4, -0.2) is 17.0 Å². The normalized spacial score (nSPS) is 14.2. The van der Waals surface area contributed by atoms with Crippen molar-refractivity contribution in [2.24, 2.45) is 0 Å². The molecule has 0 saturated carbocycles. The summed E-state index contributed by atoms with van der Waals surface area (Å²) < 4.78 is 54.8. The predicted octanol–water partition coefficient (Wildman–Crippen LogP) is 6.27. The second-order valence-electron chi connectivity index (χ2n) is 5.13. The molecule has 0 spiro atoms. The fourth-order valence-electron chi connectivity index (χ4n) is 2.02. The van der Waals surface area contributed by atoms with Crippen molar-refractivity contribution in [3.05, 3.63) is 58.8 Å². The molecule has 0 aromatic heterocycles. The quantitative estimate of drug-likeness (QED) is 0.325. The second-order valence-corrected chi connectivity index (χ2v) is 6.31. The first kappa shape index (κ1) is 19.8. The monoisotopic (exact) mass is 347 g/mol. The molecule has 1 unspecified atom stereocenters. The van der Waals surface area contributed by atoms with Gasteiger partial charge < -0.3 is 0 Å². The first-order valence-electron chi connectivity index (χ1n) is 7.31. The van der Waals surface area contributed by atoms with Crippen LogP contribution >= 0.6 is 11.9 Å². The summed E-state index contributed by atoms with van der Waals surface area (Å²) >= 11 is 0.971. The number of hydrogen-bond donors (Lipinski definition) is 0. The van der Waals surface area contributed by atoms with Crippen molar-refractivity contribution in [3.8, 4) is 0 Å². The second kappa shape index (κ2) is 8.55. The van der Waals surface area contributed by atoms with Crippen molar-refractivity contribution >= 4 is 11.9 Å². The molecule has 0 aliphatic carbocycles. The van der Waals surface area contributed by atoms with Crippen LogP contribution in [0.15, 0.2) is 47.4 Å². The molecule has 128 valence electrons. The molecule has 0 bridgehead atoms. The van der Waals surface area contributed by atoms with Crippen molar-refractivity contribution in [1.82, 2.24) is 4.31 Å². The van der Waals surface area contributed by atoms with Crippen LogP contribution in [-0.2, 0) is 0 Å². The molecule has 1 nitrogen and oxygen atoms in total. The predicted molar refractivity (Wildman–Crippen MR) is 88.4 cm³/mol. The molecule has 1 rings (SSSR count). The molecule has 1 aromatic rings. The number of allylic oxidation sites excluding steroid dienone is 2. The Morgan fingerprint density at radius 2 is 1.83 bits per heavy atom. The van der Waals surface area contributed by atoms with E-state index in [0.717, 1.165) is 36.1 Å². The lowest BCUT2D eigenvalue weighted by molar-refractivity contribution is -0.171. The summed E-state index contributed by atoms with van der Waals surface area (Å²) in [5.74, 6) is -0.559. The maximum Gasteiger partial charge on any atom is 0.408 e. The van der Waals surface area contributed by atoms with E-state index >= 15 is 0 Å². The average Bonchev–Trinajstić information content (AvgIpc) is 2.46. The van der Waals surface area contributed by atoms with Gasteiger partial charge >= 0.3 is 6.18 Å². The van der Waals surface area contributed by atoms with E-state index in [1.54, 1.807) is 13.0 Å². The average molecular weight is 347 g/mol.